The Hall–Kier alpha value is -2.76. The molecule has 5 nitrogen and oxygen atoms in total. The summed E-state index contributed by atoms with van der Waals surface area (Å²) in [5, 5.41) is 2.83. The maximum atomic E-state index is 13.4. The number of hydrogen-bond acceptors (Lipinski definition) is 4. The maximum Gasteiger partial charge on any atom is 0.247 e. The van der Waals surface area contributed by atoms with Crippen molar-refractivity contribution < 1.29 is 13.9 Å². The fourth-order valence-electron chi connectivity index (χ4n) is 2.33. The van der Waals surface area contributed by atoms with Crippen molar-refractivity contribution in [2.75, 3.05) is 14.2 Å². The van der Waals surface area contributed by atoms with E-state index in [1.54, 1.807) is 39.1 Å². The third kappa shape index (κ3) is 6.81. The van der Waals surface area contributed by atoms with E-state index in [2.05, 4.69) is 21.9 Å². The van der Waals surface area contributed by atoms with E-state index in [9.17, 15) is 9.18 Å². The number of aliphatic imine (C=N–C) groups is 2. The van der Waals surface area contributed by atoms with E-state index in [1.807, 2.05) is 13.8 Å². The van der Waals surface area contributed by atoms with Crippen LogP contribution in [0.15, 0.2) is 52.5 Å². The predicted molar refractivity (Wildman–Crippen MR) is 109 cm³/mol. The maximum absolute atomic E-state index is 13.4. The lowest BCUT2D eigenvalue weighted by Crippen LogP contribution is -2.39. The second kappa shape index (κ2) is 10.4. The Labute approximate surface area is 160 Å². The summed E-state index contributed by atoms with van der Waals surface area (Å²) in [5.74, 6) is -0.117. The molecule has 0 aromatic heterocycles. The number of hydrogen-bond donors (Lipinski definition) is 1. The van der Waals surface area contributed by atoms with Gasteiger partial charge < -0.3 is 10.1 Å². The summed E-state index contributed by atoms with van der Waals surface area (Å²) < 4.78 is 18.7. The summed E-state index contributed by atoms with van der Waals surface area (Å²) in [7, 11) is 3.16. The zero-order valence-corrected chi connectivity index (χ0v) is 16.8. The summed E-state index contributed by atoms with van der Waals surface area (Å²) in [4.78, 5) is 20.9. The minimum Gasteiger partial charge on any atom is -0.483 e. The van der Waals surface area contributed by atoms with Crippen LogP contribution in [0.4, 0.5) is 4.39 Å². The predicted octanol–water partition coefficient (Wildman–Crippen LogP) is 4.02. The Kier molecular flexibility index (Phi) is 8.59. The largest absolute Gasteiger partial charge is 0.483 e. The van der Waals surface area contributed by atoms with Gasteiger partial charge in [-0.15, -0.1) is 0 Å². The molecule has 1 N–H and O–H groups in total. The molecular weight excluding hydrogens is 345 g/mol. The van der Waals surface area contributed by atoms with Crippen LogP contribution in [0.5, 0.6) is 0 Å². The van der Waals surface area contributed by atoms with Gasteiger partial charge in [-0.2, -0.15) is 0 Å². The number of allylic oxidation sites excluding steroid dienone is 1. The fourth-order valence-corrected chi connectivity index (χ4v) is 2.33. The highest BCUT2D eigenvalue weighted by Gasteiger charge is 2.17. The van der Waals surface area contributed by atoms with Crippen molar-refractivity contribution in [1.82, 2.24) is 5.32 Å². The van der Waals surface area contributed by atoms with E-state index in [0.717, 1.165) is 5.71 Å². The smallest absolute Gasteiger partial charge is 0.247 e. The summed E-state index contributed by atoms with van der Waals surface area (Å²) in [6.45, 7) is 11.4. The molecule has 0 aliphatic carbocycles. The zero-order valence-electron chi connectivity index (χ0n) is 16.8. The lowest BCUT2D eigenvalue weighted by Gasteiger charge is -2.16. The molecule has 146 valence electrons. The van der Waals surface area contributed by atoms with Crippen LogP contribution in [0.3, 0.4) is 0 Å². The number of rotatable bonds is 7. The first-order valence-electron chi connectivity index (χ1n) is 8.72. The second-order valence-electron chi connectivity index (χ2n) is 6.44. The molecule has 1 amide bonds. The second-order valence-corrected chi connectivity index (χ2v) is 6.44. The number of nitrogens with one attached hydrogen (secondary N) is 1. The molecule has 0 spiro atoms. The van der Waals surface area contributed by atoms with Gasteiger partial charge in [0, 0.05) is 23.9 Å². The van der Waals surface area contributed by atoms with E-state index < -0.39 is 6.04 Å². The lowest BCUT2D eigenvalue weighted by molar-refractivity contribution is -0.117. The van der Waals surface area contributed by atoms with Crippen LogP contribution < -0.4 is 5.32 Å². The molecule has 1 aromatic carbocycles. The van der Waals surface area contributed by atoms with Crippen LogP contribution in [0.2, 0.25) is 0 Å². The Morgan fingerprint density at radius 2 is 2.00 bits per heavy atom. The molecule has 0 bridgehead atoms. The topological polar surface area (TPSA) is 63.0 Å². The third-order valence-corrected chi connectivity index (χ3v) is 3.90. The zero-order chi connectivity index (χ0) is 20.6. The van der Waals surface area contributed by atoms with Crippen LogP contribution in [-0.4, -0.2) is 37.7 Å². The standard InChI is InChI=1S/C21H28FN3O2/c1-13(2)19(23-6)11-14(3)20(26)24-16(5)21(27-7)25-15(4)17-9-8-10-18(22)12-17/h8-13,16H,4H2,1-3,5-7H3,(H,24,26)/b14-11+,23-19?,25-21?. The van der Waals surface area contributed by atoms with Crippen LogP contribution in [0.25, 0.3) is 5.70 Å². The van der Waals surface area contributed by atoms with Crippen LogP contribution in [0.1, 0.15) is 33.3 Å². The van der Waals surface area contributed by atoms with Gasteiger partial charge in [-0.1, -0.05) is 32.6 Å². The normalized spacial score (nSPS) is 14.1. The van der Waals surface area contributed by atoms with Crippen molar-refractivity contribution in [3.05, 3.63) is 53.9 Å². The molecule has 0 saturated heterocycles. The number of carbonyl (C=O) groups excluding carboxylic acids is 1. The third-order valence-electron chi connectivity index (χ3n) is 3.90. The van der Waals surface area contributed by atoms with Gasteiger partial charge in [-0.25, -0.2) is 9.38 Å². The highest BCUT2D eigenvalue weighted by molar-refractivity contribution is 6.05. The molecular formula is C21H28FN3O2. The Morgan fingerprint density at radius 3 is 2.52 bits per heavy atom. The highest BCUT2D eigenvalue weighted by atomic mass is 19.1. The van der Waals surface area contributed by atoms with E-state index in [-0.39, 0.29) is 23.5 Å². The van der Waals surface area contributed by atoms with Crippen LogP contribution in [0, 0.1) is 11.7 Å². The Morgan fingerprint density at radius 1 is 1.33 bits per heavy atom. The summed E-state index contributed by atoms with van der Waals surface area (Å²) >= 11 is 0. The first-order chi connectivity index (χ1) is 12.7. The fraction of sp³-hybridized carbons (Fsp3) is 0.381. The van der Waals surface area contributed by atoms with E-state index in [0.29, 0.717) is 16.8 Å². The van der Waals surface area contributed by atoms with Gasteiger partial charge in [0.05, 0.1) is 12.8 Å². The molecule has 1 unspecified atom stereocenters. The van der Waals surface area contributed by atoms with Crippen molar-refractivity contribution >= 4 is 23.2 Å². The van der Waals surface area contributed by atoms with Crippen LogP contribution in [-0.2, 0) is 9.53 Å². The van der Waals surface area contributed by atoms with Crippen molar-refractivity contribution in [1.29, 1.82) is 0 Å². The molecule has 0 fully saturated rings. The number of carbonyl (C=O) groups is 1. The van der Waals surface area contributed by atoms with Gasteiger partial charge in [0.2, 0.25) is 11.8 Å². The van der Waals surface area contributed by atoms with Crippen molar-refractivity contribution in [3.63, 3.8) is 0 Å². The number of nitrogens with zero attached hydrogens (tertiary/aromatic N) is 2. The van der Waals surface area contributed by atoms with Crippen molar-refractivity contribution in [2.24, 2.45) is 15.9 Å². The minimum absolute atomic E-state index is 0.223. The molecule has 0 saturated carbocycles. The first kappa shape index (κ1) is 22.3. The monoisotopic (exact) mass is 373 g/mol. The van der Waals surface area contributed by atoms with E-state index in [1.165, 1.54) is 19.2 Å². The Balaban J connectivity index is 2.92. The van der Waals surface area contributed by atoms with Crippen LogP contribution >= 0.6 is 0 Å². The number of ether oxygens (including phenoxy) is 1. The van der Waals surface area contributed by atoms with Gasteiger partial charge in [0.25, 0.3) is 0 Å². The van der Waals surface area contributed by atoms with E-state index >= 15 is 0 Å². The highest BCUT2D eigenvalue weighted by Crippen LogP contribution is 2.16. The minimum atomic E-state index is -0.489. The van der Waals surface area contributed by atoms with Gasteiger partial charge in [-0.05, 0) is 38.0 Å². The molecule has 1 rings (SSSR count). The average molecular weight is 373 g/mol. The molecule has 1 aromatic rings. The van der Waals surface area contributed by atoms with Gasteiger partial charge >= 0.3 is 0 Å². The van der Waals surface area contributed by atoms with Gasteiger partial charge in [0.1, 0.15) is 11.9 Å². The van der Waals surface area contributed by atoms with Crippen molar-refractivity contribution in [3.8, 4) is 0 Å². The molecule has 0 aliphatic heterocycles. The molecule has 0 aliphatic rings. The first-order valence-corrected chi connectivity index (χ1v) is 8.72. The molecule has 0 radical (unpaired) electrons. The number of benzene rings is 1. The van der Waals surface area contributed by atoms with Gasteiger partial charge in [0.15, 0.2) is 0 Å². The summed E-state index contributed by atoms with van der Waals surface area (Å²) in [6.07, 6.45) is 1.77. The lowest BCUT2D eigenvalue weighted by atomic mass is 10.1. The molecule has 6 heteroatoms. The molecule has 1 atom stereocenters. The summed E-state index contributed by atoms with van der Waals surface area (Å²) in [6, 6.07) is 5.49. The molecule has 27 heavy (non-hydrogen) atoms. The van der Waals surface area contributed by atoms with Crippen molar-refractivity contribution in [2.45, 2.75) is 33.7 Å². The SMILES string of the molecule is C=C(N=C(OC)C(C)NC(=O)/C(C)=C/C(=NC)C(C)C)c1cccc(F)c1. The number of amides is 1. The van der Waals surface area contributed by atoms with E-state index in [4.69, 9.17) is 4.74 Å². The summed E-state index contributed by atoms with van der Waals surface area (Å²) in [5.41, 5.74) is 2.27. The number of methoxy groups -OCH3 is 1. The quantitative estimate of drug-likeness (QED) is 0.446. The van der Waals surface area contributed by atoms with Gasteiger partial charge in [-0.3, -0.25) is 9.79 Å². The average Bonchev–Trinajstić information content (AvgIpc) is 2.63. The number of halogens is 1. The molecule has 0 heterocycles. The Bertz CT molecular complexity index is 779.